The first-order chi connectivity index (χ1) is 7.04. The van der Waals surface area contributed by atoms with E-state index in [4.69, 9.17) is 0 Å². The third-order valence-electron chi connectivity index (χ3n) is 1.82. The molecule has 0 amide bonds. The molecule has 1 atom stereocenters. The van der Waals surface area contributed by atoms with E-state index < -0.39 is 0 Å². The summed E-state index contributed by atoms with van der Waals surface area (Å²) in [5.74, 6) is -0.0666. The lowest BCUT2D eigenvalue weighted by molar-refractivity contribution is -0.110. The summed E-state index contributed by atoms with van der Waals surface area (Å²) in [6.07, 6.45) is 3.99. The molecule has 0 aromatic carbocycles. The van der Waals surface area contributed by atoms with Crippen molar-refractivity contribution in [2.75, 3.05) is 14.1 Å². The van der Waals surface area contributed by atoms with Crippen LogP contribution in [0.2, 0.25) is 0 Å². The first kappa shape index (κ1) is 11.8. The molecule has 1 unspecified atom stereocenters. The van der Waals surface area contributed by atoms with Gasteiger partial charge >= 0.3 is 0 Å². The van der Waals surface area contributed by atoms with Gasteiger partial charge in [-0.25, -0.2) is 0 Å². The number of allylic oxidation sites excluding steroid dienone is 3. The highest BCUT2D eigenvalue weighted by Crippen LogP contribution is 2.29. The van der Waals surface area contributed by atoms with Crippen LogP contribution >= 0.6 is 11.8 Å². The molecular weight excluding hydrogens is 212 g/mol. The van der Waals surface area contributed by atoms with Crippen molar-refractivity contribution >= 4 is 23.8 Å². The fourth-order valence-electron chi connectivity index (χ4n) is 1.12. The zero-order chi connectivity index (χ0) is 11.4. The van der Waals surface area contributed by atoms with Gasteiger partial charge in [0.05, 0.1) is 4.91 Å². The zero-order valence-electron chi connectivity index (χ0n) is 8.98. The number of nitrogens with zero attached hydrogens (tertiary/aromatic N) is 1. The Labute approximate surface area is 93.4 Å². The molecule has 4 nitrogen and oxygen atoms in total. The minimum Gasteiger partial charge on any atom is -0.383 e. The van der Waals surface area contributed by atoms with Gasteiger partial charge in [-0.1, -0.05) is 11.8 Å². The summed E-state index contributed by atoms with van der Waals surface area (Å²) < 4.78 is 0. The van der Waals surface area contributed by atoms with Crippen LogP contribution < -0.4 is 5.32 Å². The molecule has 0 saturated carbocycles. The second-order valence-electron chi connectivity index (χ2n) is 3.42. The molecule has 15 heavy (non-hydrogen) atoms. The Morgan fingerprint density at radius 2 is 2.20 bits per heavy atom. The molecule has 0 aromatic rings. The Balaban J connectivity index is 2.69. The number of rotatable bonds is 4. The van der Waals surface area contributed by atoms with E-state index in [1.54, 1.807) is 18.0 Å². The summed E-state index contributed by atoms with van der Waals surface area (Å²) >= 11 is 1.26. The van der Waals surface area contributed by atoms with Crippen molar-refractivity contribution < 1.29 is 9.59 Å². The van der Waals surface area contributed by atoms with E-state index in [1.807, 2.05) is 14.1 Å². The van der Waals surface area contributed by atoms with Crippen molar-refractivity contribution in [3.05, 3.63) is 22.9 Å². The van der Waals surface area contributed by atoms with Gasteiger partial charge in [0.25, 0.3) is 0 Å². The van der Waals surface area contributed by atoms with E-state index in [1.165, 1.54) is 17.8 Å². The standard InChI is InChI=1S/C10H14N2O2S/c1-7-10(15-9(6-13)11-7)8(14)4-5-12(2)3/h4-6,9,11H,1-3H3. The molecule has 0 spiro atoms. The van der Waals surface area contributed by atoms with Gasteiger partial charge in [-0.15, -0.1) is 0 Å². The highest BCUT2D eigenvalue weighted by Gasteiger charge is 2.24. The number of carbonyl (C=O) groups excluding carboxylic acids is 2. The molecule has 0 saturated heterocycles. The Hall–Kier alpha value is -1.23. The molecule has 0 aromatic heterocycles. The third kappa shape index (κ3) is 3.13. The second-order valence-corrected chi connectivity index (χ2v) is 4.57. The lowest BCUT2D eigenvalue weighted by Crippen LogP contribution is -2.19. The van der Waals surface area contributed by atoms with Gasteiger partial charge in [-0.3, -0.25) is 4.79 Å². The van der Waals surface area contributed by atoms with Crippen molar-refractivity contribution in [2.24, 2.45) is 0 Å². The summed E-state index contributed by atoms with van der Waals surface area (Å²) in [5, 5.41) is 2.61. The van der Waals surface area contributed by atoms with Crippen molar-refractivity contribution in [2.45, 2.75) is 12.3 Å². The highest BCUT2D eigenvalue weighted by molar-refractivity contribution is 8.05. The fraction of sp³-hybridized carbons (Fsp3) is 0.400. The van der Waals surface area contributed by atoms with Crippen LogP contribution in [0.15, 0.2) is 22.9 Å². The van der Waals surface area contributed by atoms with Gasteiger partial charge in [0, 0.05) is 32.1 Å². The Bertz CT molecular complexity index is 334. The molecule has 1 rings (SSSR count). The molecule has 1 aliphatic rings. The van der Waals surface area contributed by atoms with Crippen molar-refractivity contribution in [1.82, 2.24) is 10.2 Å². The lowest BCUT2D eigenvalue weighted by atomic mass is 10.3. The average Bonchev–Trinajstić information content (AvgIpc) is 2.56. The van der Waals surface area contributed by atoms with Crippen LogP contribution in [-0.4, -0.2) is 36.4 Å². The van der Waals surface area contributed by atoms with Crippen LogP contribution in [0.1, 0.15) is 6.92 Å². The SMILES string of the molecule is CC1=C(C(=O)C=CN(C)C)SC(C=O)N1. The topological polar surface area (TPSA) is 49.4 Å². The molecule has 1 N–H and O–H groups in total. The quantitative estimate of drug-likeness (QED) is 0.565. The number of aldehydes is 1. The number of ketones is 1. The maximum Gasteiger partial charge on any atom is 0.195 e. The Morgan fingerprint density at radius 1 is 1.53 bits per heavy atom. The molecule has 1 aliphatic heterocycles. The molecule has 0 bridgehead atoms. The molecule has 1 heterocycles. The van der Waals surface area contributed by atoms with Crippen molar-refractivity contribution in [3.63, 3.8) is 0 Å². The first-order valence-electron chi connectivity index (χ1n) is 4.53. The monoisotopic (exact) mass is 226 g/mol. The van der Waals surface area contributed by atoms with Gasteiger partial charge in [0.15, 0.2) is 12.1 Å². The van der Waals surface area contributed by atoms with Crippen molar-refractivity contribution in [1.29, 1.82) is 0 Å². The lowest BCUT2D eigenvalue weighted by Gasteiger charge is -2.02. The Morgan fingerprint density at radius 3 is 2.67 bits per heavy atom. The smallest absolute Gasteiger partial charge is 0.195 e. The summed E-state index contributed by atoms with van der Waals surface area (Å²) in [5.41, 5.74) is 0.769. The van der Waals surface area contributed by atoms with Crippen LogP contribution in [0.4, 0.5) is 0 Å². The predicted octanol–water partition coefficient (Wildman–Crippen LogP) is 0.724. The minimum absolute atomic E-state index is 0.0666. The first-order valence-corrected chi connectivity index (χ1v) is 5.41. The van der Waals surface area contributed by atoms with E-state index in [-0.39, 0.29) is 11.2 Å². The number of thioether (sulfide) groups is 1. The van der Waals surface area contributed by atoms with Crippen LogP contribution in [0.3, 0.4) is 0 Å². The molecule has 0 aliphatic carbocycles. The van der Waals surface area contributed by atoms with E-state index in [0.29, 0.717) is 4.91 Å². The van der Waals surface area contributed by atoms with Crippen LogP contribution in [-0.2, 0) is 9.59 Å². The summed E-state index contributed by atoms with van der Waals surface area (Å²) in [6.45, 7) is 1.80. The van der Waals surface area contributed by atoms with Gasteiger partial charge in [-0.2, -0.15) is 0 Å². The maximum absolute atomic E-state index is 11.7. The molecule has 0 fully saturated rings. The van der Waals surface area contributed by atoms with E-state index in [9.17, 15) is 9.59 Å². The van der Waals surface area contributed by atoms with Gasteiger partial charge < -0.3 is 15.0 Å². The number of carbonyl (C=O) groups is 2. The minimum atomic E-state index is -0.322. The van der Waals surface area contributed by atoms with Crippen LogP contribution in [0.25, 0.3) is 0 Å². The summed E-state index contributed by atoms with van der Waals surface area (Å²) in [4.78, 5) is 24.6. The average molecular weight is 226 g/mol. The normalized spacial score (nSPS) is 20.6. The van der Waals surface area contributed by atoms with E-state index in [0.717, 1.165) is 12.0 Å². The van der Waals surface area contributed by atoms with Gasteiger partial charge in [0.1, 0.15) is 5.37 Å². The molecule has 0 radical (unpaired) electrons. The zero-order valence-corrected chi connectivity index (χ0v) is 9.80. The third-order valence-corrected chi connectivity index (χ3v) is 3.04. The summed E-state index contributed by atoms with van der Waals surface area (Å²) in [6, 6.07) is 0. The largest absolute Gasteiger partial charge is 0.383 e. The van der Waals surface area contributed by atoms with Crippen LogP contribution in [0, 0.1) is 0 Å². The van der Waals surface area contributed by atoms with Gasteiger partial charge in [-0.05, 0) is 6.92 Å². The van der Waals surface area contributed by atoms with E-state index >= 15 is 0 Å². The summed E-state index contributed by atoms with van der Waals surface area (Å²) in [7, 11) is 3.69. The molecular formula is C10H14N2O2S. The second kappa shape index (κ2) is 5.02. The fourth-order valence-corrected chi connectivity index (χ4v) is 2.09. The number of hydrogen-bond donors (Lipinski definition) is 1. The Kier molecular flexibility index (Phi) is 3.96. The number of hydrogen-bond acceptors (Lipinski definition) is 5. The maximum atomic E-state index is 11.7. The highest BCUT2D eigenvalue weighted by atomic mass is 32.2. The molecule has 5 heteroatoms. The number of nitrogens with one attached hydrogen (secondary N) is 1. The van der Waals surface area contributed by atoms with Crippen LogP contribution in [0.5, 0.6) is 0 Å². The molecule has 82 valence electrons. The van der Waals surface area contributed by atoms with E-state index in [2.05, 4.69) is 5.32 Å². The van der Waals surface area contributed by atoms with Gasteiger partial charge in [0.2, 0.25) is 0 Å². The van der Waals surface area contributed by atoms with Crippen molar-refractivity contribution in [3.8, 4) is 0 Å². The predicted molar refractivity (Wildman–Crippen MR) is 61.1 cm³/mol.